The van der Waals surface area contributed by atoms with Gasteiger partial charge in [-0.15, -0.1) is 5.10 Å². The molecule has 1 aliphatic rings. The van der Waals surface area contributed by atoms with Crippen molar-refractivity contribution < 1.29 is 14.6 Å². The lowest BCUT2D eigenvalue weighted by molar-refractivity contribution is -0.151. The molecule has 0 aliphatic heterocycles. The molecule has 1 aliphatic carbocycles. The maximum Gasteiger partial charge on any atom is 0.312 e. The Morgan fingerprint density at radius 1 is 1.31 bits per heavy atom. The highest BCUT2D eigenvalue weighted by Crippen LogP contribution is 2.45. The predicted molar refractivity (Wildman–Crippen MR) is 111 cm³/mol. The molecule has 2 atom stereocenters. The first-order chi connectivity index (χ1) is 13.8. The number of hydrogen-bond acceptors (Lipinski definition) is 5. The second-order valence-corrected chi connectivity index (χ2v) is 8.52. The fraction of sp³-hybridized carbons (Fsp3) is 0.435. The van der Waals surface area contributed by atoms with E-state index >= 15 is 0 Å². The molecule has 6 nitrogen and oxygen atoms in total. The van der Waals surface area contributed by atoms with E-state index in [2.05, 4.69) is 34.6 Å². The van der Waals surface area contributed by atoms with E-state index in [1.54, 1.807) is 4.68 Å². The summed E-state index contributed by atoms with van der Waals surface area (Å²) in [5, 5.41) is 18.9. The fourth-order valence-electron chi connectivity index (χ4n) is 4.71. The van der Waals surface area contributed by atoms with Gasteiger partial charge in [0.15, 0.2) is 0 Å². The molecule has 2 unspecified atom stereocenters. The smallest absolute Gasteiger partial charge is 0.312 e. The van der Waals surface area contributed by atoms with E-state index in [1.807, 2.05) is 33.9 Å². The van der Waals surface area contributed by atoms with Crippen LogP contribution in [0.4, 0.5) is 0 Å². The average Bonchev–Trinajstić information content (AvgIpc) is 3.26. The Kier molecular flexibility index (Phi) is 4.69. The summed E-state index contributed by atoms with van der Waals surface area (Å²) in [4.78, 5) is 12.8. The summed E-state index contributed by atoms with van der Waals surface area (Å²) in [6.45, 7) is 5.84. The van der Waals surface area contributed by atoms with E-state index in [1.165, 1.54) is 12.7 Å². The zero-order valence-electron chi connectivity index (χ0n) is 17.6. The van der Waals surface area contributed by atoms with Crippen LogP contribution in [0.2, 0.25) is 0 Å². The molecule has 0 saturated carbocycles. The molecule has 0 bridgehead atoms. The molecule has 0 spiro atoms. The quantitative estimate of drug-likeness (QED) is 0.686. The lowest BCUT2D eigenvalue weighted by Crippen LogP contribution is -2.34. The molecule has 29 heavy (non-hydrogen) atoms. The minimum atomic E-state index is -0.812. The van der Waals surface area contributed by atoms with Crippen LogP contribution in [0.25, 0.3) is 11.0 Å². The molecule has 0 fully saturated rings. The minimum absolute atomic E-state index is 0.251. The van der Waals surface area contributed by atoms with E-state index in [4.69, 9.17) is 4.74 Å². The third-order valence-electron chi connectivity index (χ3n) is 6.37. The number of rotatable bonds is 4. The largest absolute Gasteiger partial charge is 0.469 e. The first-order valence-corrected chi connectivity index (χ1v) is 9.93. The minimum Gasteiger partial charge on any atom is -0.469 e. The van der Waals surface area contributed by atoms with E-state index in [-0.39, 0.29) is 11.9 Å². The predicted octanol–water partition coefficient (Wildman–Crippen LogP) is 3.59. The molecule has 3 aromatic rings. The number of ether oxygens (including phenoxy) is 1. The molecule has 1 aromatic heterocycles. The number of aryl methyl sites for hydroxylation is 3. The van der Waals surface area contributed by atoms with Crippen molar-refractivity contribution in [1.82, 2.24) is 15.0 Å². The molecule has 0 radical (unpaired) electrons. The molecule has 1 N–H and O–H groups in total. The molecule has 6 heteroatoms. The Balaban J connectivity index is 1.94. The average molecular weight is 393 g/mol. The van der Waals surface area contributed by atoms with Crippen LogP contribution in [0.15, 0.2) is 30.3 Å². The van der Waals surface area contributed by atoms with Crippen molar-refractivity contribution in [3.8, 4) is 0 Å². The molecular formula is C23H27N3O3. The van der Waals surface area contributed by atoms with Gasteiger partial charge in [-0.3, -0.25) is 4.79 Å². The van der Waals surface area contributed by atoms with Crippen molar-refractivity contribution in [2.75, 3.05) is 7.11 Å². The second-order valence-electron chi connectivity index (χ2n) is 8.52. The van der Waals surface area contributed by atoms with Gasteiger partial charge in [0.1, 0.15) is 5.52 Å². The SMILES string of the molecule is COC(=O)C(C)(C)C(c1ccc2c(c1)C(O)CC2)c1ccc2c(nnn2C)c1C. The summed E-state index contributed by atoms with van der Waals surface area (Å²) in [5.74, 6) is -0.526. The summed E-state index contributed by atoms with van der Waals surface area (Å²) < 4.78 is 6.91. The normalized spacial score (nSPS) is 17.4. The summed E-state index contributed by atoms with van der Waals surface area (Å²) in [6, 6.07) is 10.3. The van der Waals surface area contributed by atoms with Crippen LogP contribution >= 0.6 is 0 Å². The number of nitrogens with zero attached hydrogens (tertiary/aromatic N) is 3. The summed E-state index contributed by atoms with van der Waals surface area (Å²) in [6.07, 6.45) is 1.18. The van der Waals surface area contributed by atoms with Gasteiger partial charge in [-0.1, -0.05) is 29.5 Å². The Bertz CT molecular complexity index is 1100. The summed E-state index contributed by atoms with van der Waals surface area (Å²) in [5.41, 5.74) is 6.11. The Morgan fingerprint density at radius 2 is 2.07 bits per heavy atom. The van der Waals surface area contributed by atoms with Gasteiger partial charge >= 0.3 is 5.97 Å². The van der Waals surface area contributed by atoms with Crippen molar-refractivity contribution >= 4 is 17.0 Å². The van der Waals surface area contributed by atoms with Crippen LogP contribution in [-0.2, 0) is 23.0 Å². The maximum absolute atomic E-state index is 12.8. The summed E-state index contributed by atoms with van der Waals surface area (Å²) in [7, 11) is 3.29. The second kappa shape index (κ2) is 6.95. The van der Waals surface area contributed by atoms with Crippen LogP contribution in [0.5, 0.6) is 0 Å². The van der Waals surface area contributed by atoms with Crippen molar-refractivity contribution in [3.63, 3.8) is 0 Å². The molecule has 0 saturated heterocycles. The van der Waals surface area contributed by atoms with Gasteiger partial charge in [-0.25, -0.2) is 4.68 Å². The van der Waals surface area contributed by atoms with Gasteiger partial charge in [0.05, 0.1) is 24.1 Å². The Hall–Kier alpha value is -2.73. The van der Waals surface area contributed by atoms with E-state index in [0.29, 0.717) is 0 Å². The molecule has 1 heterocycles. The Labute approximate surface area is 170 Å². The first-order valence-electron chi connectivity index (χ1n) is 9.93. The number of benzene rings is 2. The van der Waals surface area contributed by atoms with Gasteiger partial charge in [0, 0.05) is 13.0 Å². The topological polar surface area (TPSA) is 77.2 Å². The third kappa shape index (κ3) is 3.02. The van der Waals surface area contributed by atoms with E-state index in [9.17, 15) is 9.90 Å². The van der Waals surface area contributed by atoms with Crippen LogP contribution in [0.3, 0.4) is 0 Å². The highest BCUT2D eigenvalue weighted by Gasteiger charge is 2.41. The monoisotopic (exact) mass is 393 g/mol. The highest BCUT2D eigenvalue weighted by molar-refractivity contribution is 5.82. The van der Waals surface area contributed by atoms with Gasteiger partial charge in [0.25, 0.3) is 0 Å². The zero-order valence-corrected chi connectivity index (χ0v) is 17.6. The van der Waals surface area contributed by atoms with Crippen molar-refractivity contribution in [2.24, 2.45) is 12.5 Å². The number of methoxy groups -OCH3 is 1. The Morgan fingerprint density at radius 3 is 2.79 bits per heavy atom. The molecule has 2 aromatic carbocycles. The number of carbonyl (C=O) groups is 1. The van der Waals surface area contributed by atoms with Gasteiger partial charge in [-0.2, -0.15) is 0 Å². The number of hydrogen-bond donors (Lipinski definition) is 1. The van der Waals surface area contributed by atoms with Crippen molar-refractivity contribution in [1.29, 1.82) is 0 Å². The van der Waals surface area contributed by atoms with Crippen LogP contribution < -0.4 is 0 Å². The third-order valence-corrected chi connectivity index (χ3v) is 6.37. The first kappa shape index (κ1) is 19.6. The van der Waals surface area contributed by atoms with E-state index in [0.717, 1.165) is 46.1 Å². The molecular weight excluding hydrogens is 366 g/mol. The fourth-order valence-corrected chi connectivity index (χ4v) is 4.71. The number of aliphatic hydroxyl groups is 1. The van der Waals surface area contributed by atoms with E-state index < -0.39 is 11.5 Å². The molecule has 0 amide bonds. The number of aliphatic hydroxyl groups excluding tert-OH is 1. The van der Waals surface area contributed by atoms with Gasteiger partial charge in [0.2, 0.25) is 0 Å². The zero-order chi connectivity index (χ0) is 20.9. The van der Waals surface area contributed by atoms with Crippen LogP contribution in [-0.4, -0.2) is 33.2 Å². The number of aromatic nitrogens is 3. The highest BCUT2D eigenvalue weighted by atomic mass is 16.5. The summed E-state index contributed by atoms with van der Waals surface area (Å²) >= 11 is 0. The lowest BCUT2D eigenvalue weighted by Gasteiger charge is -2.34. The van der Waals surface area contributed by atoms with Crippen molar-refractivity contribution in [2.45, 2.75) is 45.6 Å². The maximum atomic E-state index is 12.8. The lowest BCUT2D eigenvalue weighted by atomic mass is 9.69. The number of carbonyl (C=O) groups excluding carboxylic acids is 1. The standard InChI is InChI=1S/C23H27N3O3/c1-13-16(9-10-18-21(13)24-25-26(18)4)20(23(2,3)22(28)29-5)15-7-6-14-8-11-19(27)17(14)12-15/h6-7,9-10,12,19-20,27H,8,11H2,1-5H3. The number of esters is 1. The van der Waals surface area contributed by atoms with Crippen LogP contribution in [0.1, 0.15) is 60.1 Å². The molecule has 152 valence electrons. The van der Waals surface area contributed by atoms with Gasteiger partial charge < -0.3 is 9.84 Å². The number of fused-ring (bicyclic) bond motifs is 2. The molecule has 4 rings (SSSR count). The van der Waals surface area contributed by atoms with Crippen molar-refractivity contribution in [3.05, 3.63) is 58.1 Å². The van der Waals surface area contributed by atoms with Gasteiger partial charge in [-0.05, 0) is 67.5 Å². The van der Waals surface area contributed by atoms with Crippen LogP contribution in [0, 0.1) is 12.3 Å².